The van der Waals surface area contributed by atoms with E-state index in [9.17, 15) is 0 Å². The van der Waals surface area contributed by atoms with Crippen LogP contribution < -0.4 is 0 Å². The molecule has 0 radical (unpaired) electrons. The highest BCUT2D eigenvalue weighted by atomic mass is 35.5. The van der Waals surface area contributed by atoms with Crippen LogP contribution in [0.1, 0.15) is 0 Å². The average molecular weight is 240 g/mol. The quantitative estimate of drug-likeness (QED) is 0.395. The fourth-order valence-corrected chi connectivity index (χ4v) is 1.35. The third-order valence-electron chi connectivity index (χ3n) is 2.00. The maximum absolute atomic E-state index is 5.69. The first kappa shape index (κ1) is 15.1. The summed E-state index contributed by atoms with van der Waals surface area (Å²) in [6.07, 6.45) is 0. The van der Waals surface area contributed by atoms with Crippen molar-refractivity contribution >= 4 is 11.6 Å². The SMILES string of the molecule is COCCOCCN(CCCl)CCOC. The Morgan fingerprint density at radius 1 is 0.867 bits per heavy atom. The predicted octanol–water partition coefficient (Wildman–Crippen LogP) is 0.837. The molecule has 0 N–H and O–H groups in total. The van der Waals surface area contributed by atoms with E-state index in [-0.39, 0.29) is 0 Å². The molecule has 0 rings (SSSR count). The molecule has 0 atom stereocenters. The normalized spacial score (nSPS) is 11.2. The molecule has 4 nitrogen and oxygen atoms in total. The molecule has 0 aliphatic carbocycles. The summed E-state index contributed by atoms with van der Waals surface area (Å²) in [7, 11) is 3.37. The molecule has 0 aliphatic rings. The van der Waals surface area contributed by atoms with Crippen LogP contribution in [-0.4, -0.2) is 71.1 Å². The molecular weight excluding hydrogens is 218 g/mol. The predicted molar refractivity (Wildman–Crippen MR) is 61.7 cm³/mol. The molecule has 0 aliphatic heterocycles. The van der Waals surface area contributed by atoms with Gasteiger partial charge in [-0.15, -0.1) is 11.6 Å². The van der Waals surface area contributed by atoms with E-state index >= 15 is 0 Å². The lowest BCUT2D eigenvalue weighted by Crippen LogP contribution is -2.32. The minimum atomic E-state index is 0.641. The van der Waals surface area contributed by atoms with Crippen molar-refractivity contribution in [1.82, 2.24) is 4.90 Å². The van der Waals surface area contributed by atoms with Crippen molar-refractivity contribution in [2.24, 2.45) is 0 Å². The molecule has 0 aromatic heterocycles. The molecule has 0 bridgehead atoms. The van der Waals surface area contributed by atoms with Gasteiger partial charge in [-0.1, -0.05) is 0 Å². The fraction of sp³-hybridized carbons (Fsp3) is 1.00. The Morgan fingerprint density at radius 3 is 2.13 bits per heavy atom. The minimum absolute atomic E-state index is 0.641. The largest absolute Gasteiger partial charge is 0.383 e. The molecule has 0 amide bonds. The van der Waals surface area contributed by atoms with Crippen molar-refractivity contribution in [3.05, 3.63) is 0 Å². The number of halogens is 1. The number of alkyl halides is 1. The van der Waals surface area contributed by atoms with Crippen LogP contribution in [0, 0.1) is 0 Å². The van der Waals surface area contributed by atoms with E-state index in [4.69, 9.17) is 25.8 Å². The maximum atomic E-state index is 5.69. The number of ether oxygens (including phenoxy) is 3. The van der Waals surface area contributed by atoms with Crippen LogP contribution in [0.3, 0.4) is 0 Å². The van der Waals surface area contributed by atoms with E-state index in [1.54, 1.807) is 14.2 Å². The molecule has 0 saturated carbocycles. The highest BCUT2D eigenvalue weighted by Crippen LogP contribution is 1.91. The van der Waals surface area contributed by atoms with Gasteiger partial charge >= 0.3 is 0 Å². The van der Waals surface area contributed by atoms with Crippen LogP contribution in [0.15, 0.2) is 0 Å². The first-order valence-corrected chi connectivity index (χ1v) is 5.72. The summed E-state index contributed by atoms with van der Waals surface area (Å²) in [5.41, 5.74) is 0. The van der Waals surface area contributed by atoms with Crippen LogP contribution in [0.5, 0.6) is 0 Å². The van der Waals surface area contributed by atoms with Crippen LogP contribution in [0.2, 0.25) is 0 Å². The van der Waals surface area contributed by atoms with Crippen LogP contribution in [0.25, 0.3) is 0 Å². The van der Waals surface area contributed by atoms with Gasteiger partial charge in [0.25, 0.3) is 0 Å². The lowest BCUT2D eigenvalue weighted by atomic mass is 10.5. The topological polar surface area (TPSA) is 30.9 Å². The Labute approximate surface area is 97.4 Å². The first-order chi connectivity index (χ1) is 7.35. The van der Waals surface area contributed by atoms with E-state index in [2.05, 4.69) is 4.90 Å². The van der Waals surface area contributed by atoms with Crippen molar-refractivity contribution in [3.8, 4) is 0 Å². The van der Waals surface area contributed by atoms with Crippen molar-refractivity contribution in [2.45, 2.75) is 0 Å². The third kappa shape index (κ3) is 10.4. The summed E-state index contributed by atoms with van der Waals surface area (Å²) in [5, 5.41) is 0. The molecule has 0 aromatic carbocycles. The number of rotatable bonds is 11. The van der Waals surface area contributed by atoms with Crippen LogP contribution in [0.4, 0.5) is 0 Å². The molecule has 15 heavy (non-hydrogen) atoms. The standard InChI is InChI=1S/C10H22ClNO3/c1-13-7-5-12(4-3-11)6-8-15-10-9-14-2/h3-10H2,1-2H3. The lowest BCUT2D eigenvalue weighted by molar-refractivity contribution is 0.0534. The molecule has 0 saturated heterocycles. The molecule has 0 heterocycles. The second-order valence-electron chi connectivity index (χ2n) is 3.13. The highest BCUT2D eigenvalue weighted by molar-refractivity contribution is 6.18. The summed E-state index contributed by atoms with van der Waals surface area (Å²) < 4.78 is 15.3. The van der Waals surface area contributed by atoms with E-state index in [0.29, 0.717) is 25.7 Å². The van der Waals surface area contributed by atoms with Gasteiger partial charge in [-0.25, -0.2) is 0 Å². The number of methoxy groups -OCH3 is 2. The number of hydrogen-bond donors (Lipinski definition) is 0. The molecule has 0 aromatic rings. The Bertz CT molecular complexity index is 127. The smallest absolute Gasteiger partial charge is 0.0700 e. The molecule has 5 heteroatoms. The fourth-order valence-electron chi connectivity index (χ4n) is 1.11. The number of nitrogens with zero attached hydrogens (tertiary/aromatic N) is 1. The van der Waals surface area contributed by atoms with Gasteiger partial charge in [0, 0.05) is 39.7 Å². The van der Waals surface area contributed by atoms with Gasteiger partial charge in [0.05, 0.1) is 26.4 Å². The second-order valence-corrected chi connectivity index (χ2v) is 3.51. The van der Waals surface area contributed by atoms with Gasteiger partial charge in [0.2, 0.25) is 0 Å². The van der Waals surface area contributed by atoms with Gasteiger partial charge < -0.3 is 14.2 Å². The highest BCUT2D eigenvalue weighted by Gasteiger charge is 2.03. The molecule has 0 spiro atoms. The molecule has 0 fully saturated rings. The summed E-state index contributed by atoms with van der Waals surface area (Å²) in [6.45, 7) is 5.40. The molecular formula is C10H22ClNO3. The Balaban J connectivity index is 3.38. The third-order valence-corrected chi connectivity index (χ3v) is 2.17. The van der Waals surface area contributed by atoms with Crippen molar-refractivity contribution in [3.63, 3.8) is 0 Å². The molecule has 0 unspecified atom stereocenters. The summed E-state index contributed by atoms with van der Waals surface area (Å²) >= 11 is 5.69. The van der Waals surface area contributed by atoms with Gasteiger partial charge in [-0.05, 0) is 0 Å². The van der Waals surface area contributed by atoms with Crippen LogP contribution in [-0.2, 0) is 14.2 Å². The number of hydrogen-bond acceptors (Lipinski definition) is 4. The van der Waals surface area contributed by atoms with Crippen molar-refractivity contribution < 1.29 is 14.2 Å². The summed E-state index contributed by atoms with van der Waals surface area (Å²) in [4.78, 5) is 2.23. The van der Waals surface area contributed by atoms with E-state index in [1.165, 1.54) is 0 Å². The zero-order valence-corrected chi connectivity index (χ0v) is 10.5. The summed E-state index contributed by atoms with van der Waals surface area (Å²) in [5.74, 6) is 0.641. The van der Waals surface area contributed by atoms with Gasteiger partial charge in [-0.2, -0.15) is 0 Å². The second kappa shape index (κ2) is 12.2. The monoisotopic (exact) mass is 239 g/mol. The Kier molecular flexibility index (Phi) is 12.3. The Morgan fingerprint density at radius 2 is 1.53 bits per heavy atom. The summed E-state index contributed by atoms with van der Waals surface area (Å²) in [6, 6.07) is 0. The zero-order chi connectivity index (χ0) is 11.4. The van der Waals surface area contributed by atoms with Crippen LogP contribution >= 0.6 is 11.6 Å². The van der Waals surface area contributed by atoms with E-state index in [0.717, 1.165) is 26.2 Å². The molecule has 92 valence electrons. The zero-order valence-electron chi connectivity index (χ0n) is 9.71. The van der Waals surface area contributed by atoms with Gasteiger partial charge in [0.15, 0.2) is 0 Å². The van der Waals surface area contributed by atoms with E-state index < -0.39 is 0 Å². The average Bonchev–Trinajstić information content (AvgIpc) is 2.25. The Hall–Kier alpha value is 0.130. The minimum Gasteiger partial charge on any atom is -0.383 e. The van der Waals surface area contributed by atoms with Gasteiger partial charge in [-0.3, -0.25) is 4.90 Å². The van der Waals surface area contributed by atoms with E-state index in [1.807, 2.05) is 0 Å². The van der Waals surface area contributed by atoms with Crippen molar-refractivity contribution in [2.75, 3.05) is 66.2 Å². The van der Waals surface area contributed by atoms with Gasteiger partial charge in [0.1, 0.15) is 0 Å². The van der Waals surface area contributed by atoms with Crippen molar-refractivity contribution in [1.29, 1.82) is 0 Å². The lowest BCUT2D eigenvalue weighted by Gasteiger charge is -2.20. The maximum Gasteiger partial charge on any atom is 0.0700 e. The first-order valence-electron chi connectivity index (χ1n) is 5.19.